The first-order chi connectivity index (χ1) is 8.84. The second-order valence-electron chi connectivity index (χ2n) is 4.18. The van der Waals surface area contributed by atoms with Crippen LogP contribution in [0.25, 0.3) is 16.2 Å². The molecule has 8 heteroatoms. The summed E-state index contributed by atoms with van der Waals surface area (Å²) in [5.74, 6) is 0.298. The van der Waals surface area contributed by atoms with Crippen LogP contribution in [0.2, 0.25) is 0 Å². The van der Waals surface area contributed by atoms with E-state index >= 15 is 0 Å². The van der Waals surface area contributed by atoms with E-state index in [0.29, 0.717) is 5.95 Å². The monoisotopic (exact) mass is 260 g/mol. The molecular formula is C10H8N6OS. The highest BCUT2D eigenvalue weighted by Crippen LogP contribution is 2.34. The summed E-state index contributed by atoms with van der Waals surface area (Å²) in [6, 6.07) is 0. The molecule has 0 fully saturated rings. The Kier molecular flexibility index (Phi) is 1.90. The molecule has 0 aliphatic heterocycles. The number of tetrazole rings is 1. The fraction of sp³-hybridized carbons (Fsp3) is 0.300. The fourth-order valence-corrected chi connectivity index (χ4v) is 3.61. The molecule has 0 atom stereocenters. The van der Waals surface area contributed by atoms with Gasteiger partial charge in [-0.05, 0) is 35.3 Å². The molecule has 0 radical (unpaired) electrons. The number of aryl methyl sites for hydroxylation is 2. The number of hydrogen-bond acceptors (Lipinski definition) is 6. The molecule has 0 unspecified atom stereocenters. The molecule has 3 aromatic heterocycles. The summed E-state index contributed by atoms with van der Waals surface area (Å²) < 4.78 is 1.35. The van der Waals surface area contributed by atoms with Gasteiger partial charge in [-0.25, -0.2) is 14.6 Å². The van der Waals surface area contributed by atoms with Crippen LogP contribution in [0.1, 0.15) is 16.9 Å². The Bertz CT molecular complexity index is 787. The normalized spacial score (nSPS) is 14.2. The van der Waals surface area contributed by atoms with Crippen LogP contribution in [0.15, 0.2) is 11.1 Å². The predicted molar refractivity (Wildman–Crippen MR) is 65.0 cm³/mol. The molecule has 0 spiro atoms. The Morgan fingerprint density at radius 3 is 3.17 bits per heavy atom. The molecule has 0 aromatic carbocycles. The zero-order chi connectivity index (χ0) is 12.1. The molecule has 3 aromatic rings. The zero-order valence-corrected chi connectivity index (χ0v) is 10.1. The summed E-state index contributed by atoms with van der Waals surface area (Å²) in [5, 5.41) is 14.0. The molecule has 0 saturated heterocycles. The third-order valence-corrected chi connectivity index (χ3v) is 4.39. The second kappa shape index (κ2) is 3.45. The Morgan fingerprint density at radius 1 is 1.39 bits per heavy atom. The standard InChI is InChI=1S/C10H8N6OS/c17-9-7-5-2-1-3-6(5)18-8(7)11-4-16(9)10-12-14-15-13-10/h4H,1-3H2,(H,12,13,14,15). The molecule has 1 N–H and O–H groups in total. The maximum atomic E-state index is 12.5. The van der Waals surface area contributed by atoms with Gasteiger partial charge in [-0.2, -0.15) is 0 Å². The predicted octanol–water partition coefficient (Wildman–Crippen LogP) is 0.449. The minimum absolute atomic E-state index is 0.0991. The maximum absolute atomic E-state index is 12.5. The minimum atomic E-state index is -0.0991. The molecule has 18 heavy (non-hydrogen) atoms. The molecule has 0 bridgehead atoms. The summed E-state index contributed by atoms with van der Waals surface area (Å²) in [5.41, 5.74) is 1.06. The van der Waals surface area contributed by atoms with Gasteiger partial charge in [0.25, 0.3) is 11.5 Å². The average molecular weight is 260 g/mol. The Balaban J connectivity index is 2.08. The van der Waals surface area contributed by atoms with Crippen molar-refractivity contribution in [2.75, 3.05) is 0 Å². The van der Waals surface area contributed by atoms with Crippen molar-refractivity contribution >= 4 is 21.6 Å². The molecule has 4 rings (SSSR count). The van der Waals surface area contributed by atoms with Gasteiger partial charge in [0.15, 0.2) is 0 Å². The number of hydrogen-bond donors (Lipinski definition) is 1. The lowest BCUT2D eigenvalue weighted by atomic mass is 10.2. The summed E-state index contributed by atoms with van der Waals surface area (Å²) in [6.45, 7) is 0. The van der Waals surface area contributed by atoms with Gasteiger partial charge in [0, 0.05) is 4.88 Å². The number of aromatic nitrogens is 6. The molecule has 0 amide bonds. The van der Waals surface area contributed by atoms with Crippen molar-refractivity contribution in [3.05, 3.63) is 27.1 Å². The molecular weight excluding hydrogens is 252 g/mol. The van der Waals surface area contributed by atoms with E-state index < -0.39 is 0 Å². The highest BCUT2D eigenvalue weighted by Gasteiger charge is 2.21. The number of rotatable bonds is 1. The van der Waals surface area contributed by atoms with Gasteiger partial charge in [-0.15, -0.1) is 11.3 Å². The van der Waals surface area contributed by atoms with Gasteiger partial charge < -0.3 is 0 Å². The first-order valence-electron chi connectivity index (χ1n) is 5.60. The first-order valence-corrected chi connectivity index (χ1v) is 6.42. The van der Waals surface area contributed by atoms with Crippen LogP contribution in [0, 0.1) is 0 Å². The van der Waals surface area contributed by atoms with Gasteiger partial charge >= 0.3 is 0 Å². The molecule has 1 aliphatic rings. The van der Waals surface area contributed by atoms with Crippen LogP contribution in [0.5, 0.6) is 0 Å². The Labute approximate surface area is 104 Å². The largest absolute Gasteiger partial charge is 0.269 e. The van der Waals surface area contributed by atoms with E-state index in [1.54, 1.807) is 11.3 Å². The minimum Gasteiger partial charge on any atom is -0.268 e. The van der Waals surface area contributed by atoms with Crippen LogP contribution >= 0.6 is 11.3 Å². The maximum Gasteiger partial charge on any atom is 0.269 e. The summed E-state index contributed by atoms with van der Waals surface area (Å²) in [4.78, 5) is 18.9. The summed E-state index contributed by atoms with van der Waals surface area (Å²) in [7, 11) is 0. The van der Waals surface area contributed by atoms with Crippen LogP contribution < -0.4 is 5.56 Å². The van der Waals surface area contributed by atoms with Gasteiger partial charge in [0.05, 0.1) is 5.39 Å². The number of thiophene rings is 1. The van der Waals surface area contributed by atoms with E-state index in [1.165, 1.54) is 15.8 Å². The molecule has 0 saturated carbocycles. The van der Waals surface area contributed by atoms with Crippen LogP contribution in [-0.2, 0) is 12.8 Å². The zero-order valence-electron chi connectivity index (χ0n) is 9.25. The highest BCUT2D eigenvalue weighted by molar-refractivity contribution is 7.18. The SMILES string of the molecule is O=c1c2c3c(sc2ncn1-c1nnn[nH]1)CCC3. The number of nitrogens with zero attached hydrogens (tertiary/aromatic N) is 5. The van der Waals surface area contributed by atoms with Gasteiger partial charge in [-0.3, -0.25) is 4.79 Å². The summed E-state index contributed by atoms with van der Waals surface area (Å²) in [6.07, 6.45) is 4.61. The van der Waals surface area contributed by atoms with Crippen molar-refractivity contribution in [3.8, 4) is 5.95 Å². The molecule has 7 nitrogen and oxygen atoms in total. The van der Waals surface area contributed by atoms with Crippen LogP contribution in [0.3, 0.4) is 0 Å². The van der Waals surface area contributed by atoms with Gasteiger partial charge in [0.1, 0.15) is 11.2 Å². The van der Waals surface area contributed by atoms with Gasteiger partial charge in [-0.1, -0.05) is 5.10 Å². The Morgan fingerprint density at radius 2 is 2.33 bits per heavy atom. The average Bonchev–Trinajstić information content (AvgIpc) is 3.04. The topological polar surface area (TPSA) is 89.3 Å². The quantitative estimate of drug-likeness (QED) is 0.686. The third kappa shape index (κ3) is 1.20. The van der Waals surface area contributed by atoms with E-state index in [1.807, 2.05) is 0 Å². The lowest BCUT2D eigenvalue weighted by Crippen LogP contribution is -2.20. The molecule has 3 heterocycles. The molecule has 90 valence electrons. The first kappa shape index (κ1) is 9.89. The van der Waals surface area contributed by atoms with Crippen molar-refractivity contribution in [2.24, 2.45) is 0 Å². The van der Waals surface area contributed by atoms with E-state index in [9.17, 15) is 4.79 Å². The van der Waals surface area contributed by atoms with E-state index in [2.05, 4.69) is 25.6 Å². The number of fused-ring (bicyclic) bond motifs is 3. The van der Waals surface area contributed by atoms with Crippen molar-refractivity contribution in [1.29, 1.82) is 0 Å². The van der Waals surface area contributed by atoms with Crippen LogP contribution in [0.4, 0.5) is 0 Å². The fourth-order valence-electron chi connectivity index (χ4n) is 2.39. The third-order valence-electron chi connectivity index (χ3n) is 3.19. The van der Waals surface area contributed by atoms with Crippen molar-refractivity contribution < 1.29 is 0 Å². The lowest BCUT2D eigenvalue weighted by molar-refractivity contribution is 0.874. The summed E-state index contributed by atoms with van der Waals surface area (Å²) >= 11 is 1.62. The van der Waals surface area contributed by atoms with Crippen molar-refractivity contribution in [1.82, 2.24) is 30.2 Å². The second-order valence-corrected chi connectivity index (χ2v) is 5.27. The smallest absolute Gasteiger partial charge is 0.268 e. The Hall–Kier alpha value is -2.09. The lowest BCUT2D eigenvalue weighted by Gasteiger charge is -1.99. The van der Waals surface area contributed by atoms with Crippen molar-refractivity contribution in [2.45, 2.75) is 19.3 Å². The van der Waals surface area contributed by atoms with Crippen LogP contribution in [-0.4, -0.2) is 30.2 Å². The highest BCUT2D eigenvalue weighted by atomic mass is 32.1. The van der Waals surface area contributed by atoms with E-state index in [-0.39, 0.29) is 5.56 Å². The number of H-pyrrole nitrogens is 1. The number of aromatic amines is 1. The van der Waals surface area contributed by atoms with E-state index in [0.717, 1.165) is 35.0 Å². The van der Waals surface area contributed by atoms with Gasteiger partial charge in [0.2, 0.25) is 0 Å². The molecule has 1 aliphatic carbocycles. The van der Waals surface area contributed by atoms with E-state index in [4.69, 9.17) is 0 Å². The van der Waals surface area contributed by atoms with Crippen molar-refractivity contribution in [3.63, 3.8) is 0 Å². The number of nitrogens with one attached hydrogen (secondary N) is 1.